The minimum Gasteiger partial charge on any atom is -0.351 e. The van der Waals surface area contributed by atoms with Gasteiger partial charge in [0, 0.05) is 30.8 Å². The van der Waals surface area contributed by atoms with Gasteiger partial charge in [-0.25, -0.2) is 18.7 Å². The number of rotatable bonds is 3. The van der Waals surface area contributed by atoms with Crippen LogP contribution in [0, 0.1) is 25.5 Å². The molecule has 5 nitrogen and oxygen atoms in total. The van der Waals surface area contributed by atoms with Gasteiger partial charge in [0.25, 0.3) is 0 Å². The zero-order valence-corrected chi connectivity index (χ0v) is 16.2. The summed E-state index contributed by atoms with van der Waals surface area (Å²) in [6.45, 7) is 5.02. The second kappa shape index (κ2) is 7.31. The molecule has 3 heterocycles. The van der Waals surface area contributed by atoms with Crippen LogP contribution in [-0.2, 0) is 13.0 Å². The lowest BCUT2D eigenvalue weighted by molar-refractivity contribution is 0.590. The summed E-state index contributed by atoms with van der Waals surface area (Å²) in [5.41, 5.74) is 3.10. The van der Waals surface area contributed by atoms with Crippen LogP contribution in [-0.4, -0.2) is 21.5 Å². The Labute approximate surface area is 166 Å². The maximum Gasteiger partial charge on any atom is 0.149 e. The van der Waals surface area contributed by atoms with E-state index in [4.69, 9.17) is 11.6 Å². The molecule has 0 spiro atoms. The monoisotopic (exact) mass is 401 g/mol. The van der Waals surface area contributed by atoms with E-state index in [1.165, 1.54) is 18.2 Å². The van der Waals surface area contributed by atoms with Crippen LogP contribution in [0.15, 0.2) is 30.5 Å². The summed E-state index contributed by atoms with van der Waals surface area (Å²) in [5, 5.41) is 3.24. The van der Waals surface area contributed by atoms with Crippen LogP contribution in [0.4, 0.5) is 26.0 Å². The molecule has 1 aliphatic heterocycles. The first-order valence-corrected chi connectivity index (χ1v) is 9.24. The predicted molar refractivity (Wildman–Crippen MR) is 105 cm³/mol. The third-order valence-corrected chi connectivity index (χ3v) is 5.11. The van der Waals surface area contributed by atoms with Crippen molar-refractivity contribution in [2.75, 3.05) is 16.8 Å². The molecule has 2 aromatic heterocycles. The lowest BCUT2D eigenvalue weighted by atomic mass is 10.0. The highest BCUT2D eigenvalue weighted by Gasteiger charge is 2.22. The highest BCUT2D eigenvalue weighted by atomic mass is 35.5. The van der Waals surface area contributed by atoms with E-state index in [2.05, 4.69) is 25.2 Å². The highest BCUT2D eigenvalue weighted by Crippen LogP contribution is 2.30. The molecule has 0 bridgehead atoms. The Bertz CT molecular complexity index is 1040. The SMILES string of the molecule is Cc1nc(Cl)c(C)c(N2CCc3ncc(Nc4c(F)cccc4F)cc3C2)n1. The summed E-state index contributed by atoms with van der Waals surface area (Å²) in [4.78, 5) is 15.3. The van der Waals surface area contributed by atoms with Crippen LogP contribution < -0.4 is 10.2 Å². The van der Waals surface area contributed by atoms with Gasteiger partial charge in [0.15, 0.2) is 0 Å². The largest absolute Gasteiger partial charge is 0.351 e. The van der Waals surface area contributed by atoms with Crippen LogP contribution in [0.25, 0.3) is 0 Å². The standard InChI is InChI=1S/C20H18ClF2N5/c1-11-19(21)25-12(2)26-20(11)28-7-6-17-13(10-28)8-14(9-24-17)27-18-15(22)4-3-5-16(18)23/h3-5,8-9,27H,6-7,10H2,1-2H3. The average molecular weight is 402 g/mol. The van der Waals surface area contributed by atoms with Crippen molar-refractivity contribution in [1.29, 1.82) is 0 Å². The number of benzene rings is 1. The number of para-hydroxylation sites is 1. The van der Waals surface area contributed by atoms with E-state index in [1.54, 1.807) is 13.1 Å². The molecular formula is C20H18ClF2N5. The molecular weight excluding hydrogens is 384 g/mol. The van der Waals surface area contributed by atoms with Gasteiger partial charge in [-0.3, -0.25) is 4.98 Å². The predicted octanol–water partition coefficient (Wildman–Crippen LogP) is 4.73. The average Bonchev–Trinajstić information content (AvgIpc) is 2.67. The van der Waals surface area contributed by atoms with E-state index in [1.807, 2.05) is 13.0 Å². The summed E-state index contributed by atoms with van der Waals surface area (Å²) in [7, 11) is 0. The van der Waals surface area contributed by atoms with E-state index in [0.717, 1.165) is 35.6 Å². The molecule has 0 saturated heterocycles. The van der Waals surface area contributed by atoms with Gasteiger partial charge in [0.2, 0.25) is 0 Å². The molecule has 144 valence electrons. The fourth-order valence-corrected chi connectivity index (χ4v) is 3.53. The number of halogens is 3. The third kappa shape index (κ3) is 3.49. The summed E-state index contributed by atoms with van der Waals surface area (Å²) < 4.78 is 27.8. The number of hydrogen-bond acceptors (Lipinski definition) is 5. The van der Waals surface area contributed by atoms with Gasteiger partial charge in [-0.2, -0.15) is 0 Å². The first kappa shape index (κ1) is 18.6. The Morgan fingerprint density at radius 1 is 1.14 bits per heavy atom. The first-order chi connectivity index (χ1) is 13.4. The number of aryl methyl sites for hydroxylation is 1. The fourth-order valence-electron chi connectivity index (χ4n) is 3.33. The number of hydrogen-bond donors (Lipinski definition) is 1. The van der Waals surface area contributed by atoms with Crippen LogP contribution in [0.3, 0.4) is 0 Å². The minimum absolute atomic E-state index is 0.189. The molecule has 1 N–H and O–H groups in total. The smallest absolute Gasteiger partial charge is 0.149 e. The molecule has 3 aromatic rings. The second-order valence-electron chi connectivity index (χ2n) is 6.73. The van der Waals surface area contributed by atoms with E-state index >= 15 is 0 Å². The van der Waals surface area contributed by atoms with E-state index in [9.17, 15) is 8.78 Å². The van der Waals surface area contributed by atoms with E-state index < -0.39 is 11.6 Å². The molecule has 0 unspecified atom stereocenters. The Kier molecular flexibility index (Phi) is 4.85. The van der Waals surface area contributed by atoms with Gasteiger partial charge in [0.1, 0.15) is 34.1 Å². The molecule has 8 heteroatoms. The zero-order chi connectivity index (χ0) is 19.8. The topological polar surface area (TPSA) is 53.9 Å². The van der Waals surface area contributed by atoms with Crippen LogP contribution in [0.5, 0.6) is 0 Å². The maximum absolute atomic E-state index is 13.9. The van der Waals surface area contributed by atoms with Crippen molar-refractivity contribution < 1.29 is 8.78 Å². The van der Waals surface area contributed by atoms with E-state index in [-0.39, 0.29) is 5.69 Å². The van der Waals surface area contributed by atoms with Crippen LogP contribution >= 0.6 is 11.6 Å². The summed E-state index contributed by atoms with van der Waals surface area (Å²) in [5.74, 6) is 0.101. The van der Waals surface area contributed by atoms with Gasteiger partial charge >= 0.3 is 0 Å². The summed E-state index contributed by atoms with van der Waals surface area (Å²) in [6, 6.07) is 5.62. The Morgan fingerprint density at radius 3 is 2.64 bits per heavy atom. The van der Waals surface area contributed by atoms with Gasteiger partial charge in [-0.15, -0.1) is 0 Å². The molecule has 0 fully saturated rings. The number of nitrogens with one attached hydrogen (secondary N) is 1. The molecule has 4 rings (SSSR count). The van der Waals surface area contributed by atoms with Crippen molar-refractivity contribution in [1.82, 2.24) is 15.0 Å². The van der Waals surface area contributed by atoms with E-state index in [0.29, 0.717) is 23.2 Å². The molecule has 1 aromatic carbocycles. The van der Waals surface area contributed by atoms with Crippen molar-refractivity contribution >= 4 is 28.8 Å². The molecule has 0 amide bonds. The Hall–Kier alpha value is -2.80. The lowest BCUT2D eigenvalue weighted by Crippen LogP contribution is -2.32. The molecule has 1 aliphatic rings. The summed E-state index contributed by atoms with van der Waals surface area (Å²) in [6.07, 6.45) is 2.33. The van der Waals surface area contributed by atoms with Gasteiger partial charge in [-0.05, 0) is 37.6 Å². The van der Waals surface area contributed by atoms with Crippen molar-refractivity contribution in [3.63, 3.8) is 0 Å². The molecule has 0 saturated carbocycles. The quantitative estimate of drug-likeness (QED) is 0.643. The zero-order valence-electron chi connectivity index (χ0n) is 15.4. The second-order valence-corrected chi connectivity index (χ2v) is 7.09. The molecule has 0 atom stereocenters. The minimum atomic E-state index is -0.652. The Balaban J connectivity index is 1.63. The van der Waals surface area contributed by atoms with Gasteiger partial charge in [0.05, 0.1) is 11.9 Å². The summed E-state index contributed by atoms with van der Waals surface area (Å²) >= 11 is 6.21. The fraction of sp³-hybridized carbons (Fsp3) is 0.250. The van der Waals surface area contributed by atoms with Crippen molar-refractivity contribution in [3.05, 3.63) is 69.9 Å². The number of pyridine rings is 1. The highest BCUT2D eigenvalue weighted by molar-refractivity contribution is 6.30. The number of fused-ring (bicyclic) bond motifs is 1. The van der Waals surface area contributed by atoms with Crippen LogP contribution in [0.1, 0.15) is 22.6 Å². The van der Waals surface area contributed by atoms with Gasteiger partial charge < -0.3 is 10.2 Å². The lowest BCUT2D eigenvalue weighted by Gasteiger charge is -2.30. The number of nitrogens with zero attached hydrogens (tertiary/aromatic N) is 4. The first-order valence-electron chi connectivity index (χ1n) is 8.87. The van der Waals surface area contributed by atoms with Crippen molar-refractivity contribution in [3.8, 4) is 0 Å². The van der Waals surface area contributed by atoms with Crippen molar-refractivity contribution in [2.45, 2.75) is 26.8 Å². The van der Waals surface area contributed by atoms with Crippen molar-refractivity contribution in [2.24, 2.45) is 0 Å². The molecule has 0 radical (unpaired) electrons. The van der Waals surface area contributed by atoms with Crippen LogP contribution in [0.2, 0.25) is 5.15 Å². The molecule has 0 aliphatic carbocycles. The Morgan fingerprint density at radius 2 is 1.89 bits per heavy atom. The van der Waals surface area contributed by atoms with Gasteiger partial charge in [-0.1, -0.05) is 17.7 Å². The molecule has 28 heavy (non-hydrogen) atoms. The number of anilines is 3. The maximum atomic E-state index is 13.9. The number of aromatic nitrogens is 3. The normalized spacial score (nSPS) is 13.4. The third-order valence-electron chi connectivity index (χ3n) is 4.74.